The minimum Gasteiger partial charge on any atom is -0.258 e. The van der Waals surface area contributed by atoms with Crippen molar-refractivity contribution in [2.24, 2.45) is 0 Å². The zero-order valence-corrected chi connectivity index (χ0v) is 44.9. The summed E-state index contributed by atoms with van der Waals surface area (Å²) in [5.41, 5.74) is 12.4. The molecule has 0 bridgehead atoms. The summed E-state index contributed by atoms with van der Waals surface area (Å²) < 4.78 is 0. The van der Waals surface area contributed by atoms with E-state index in [9.17, 15) is 0 Å². The fraction of sp³-hybridized carbons (Fsp3) is 0.625. The first-order chi connectivity index (χ1) is 30.8. The Morgan fingerprint density at radius 2 is 0.646 bits per heavy atom. The van der Waals surface area contributed by atoms with Gasteiger partial charge in [-0.25, -0.2) is 34.9 Å². The standard InChI is InChI=1S/2C12H19N.2C11H18N2.C10H17N3/c1-5-11-7-10(9(3)4)8-12(6-2)13-11;1-5-10-7-11(6-2)13-12(8-10)9(3)4;1-5-9-7-10(8(3)4)13-11(6-2)12-9;1-5-9-7-10(6-2)13-11(12-9)8(3)4;1-5-8-11-9(6-2)13-10(12-8)7(3)4/h2*7-9H,5-6H2,1-4H3;2*7-8H,5-6H2,1-4H3;7H,5-6H2,1-4H3. The number of aryl methyl sites for hydroxylation is 10. The van der Waals surface area contributed by atoms with Gasteiger partial charge in [-0.15, -0.1) is 0 Å². The Kier molecular flexibility index (Phi) is 28.3. The van der Waals surface area contributed by atoms with E-state index in [1.165, 1.54) is 39.6 Å². The molecular weight excluding hydrogens is 799 g/mol. The number of rotatable bonds is 15. The van der Waals surface area contributed by atoms with Gasteiger partial charge in [0.25, 0.3) is 0 Å². The highest BCUT2D eigenvalue weighted by Gasteiger charge is 2.09. The van der Waals surface area contributed by atoms with E-state index in [2.05, 4.69) is 220 Å². The van der Waals surface area contributed by atoms with Crippen LogP contribution in [0.25, 0.3) is 0 Å². The molecule has 65 heavy (non-hydrogen) atoms. The maximum Gasteiger partial charge on any atom is 0.135 e. The normalized spacial score (nSPS) is 10.8. The van der Waals surface area contributed by atoms with Crippen molar-refractivity contribution >= 4 is 0 Å². The summed E-state index contributed by atoms with van der Waals surface area (Å²) in [6.45, 7) is 43.0. The summed E-state index contributed by atoms with van der Waals surface area (Å²) in [6, 6.07) is 13.1. The molecule has 0 aliphatic rings. The third-order valence-electron chi connectivity index (χ3n) is 10.8. The fourth-order valence-corrected chi connectivity index (χ4v) is 6.20. The third kappa shape index (κ3) is 21.5. The van der Waals surface area contributed by atoms with Crippen LogP contribution in [0.5, 0.6) is 0 Å². The smallest absolute Gasteiger partial charge is 0.135 e. The second kappa shape index (κ2) is 31.4. The maximum atomic E-state index is 4.60. The van der Waals surface area contributed by atoms with Gasteiger partial charge in [-0.3, -0.25) is 9.97 Å². The Balaban J connectivity index is 0.000000406. The minimum atomic E-state index is 0.388. The molecule has 0 saturated carbocycles. The van der Waals surface area contributed by atoms with Crippen LogP contribution in [0.1, 0.15) is 254 Å². The van der Waals surface area contributed by atoms with Gasteiger partial charge in [-0.1, -0.05) is 138 Å². The van der Waals surface area contributed by atoms with Gasteiger partial charge in [0.05, 0.1) is 0 Å². The quantitative estimate of drug-likeness (QED) is 0.101. The highest BCUT2D eigenvalue weighted by Crippen LogP contribution is 2.18. The van der Waals surface area contributed by atoms with E-state index in [0.29, 0.717) is 29.6 Å². The third-order valence-corrected chi connectivity index (χ3v) is 10.8. The van der Waals surface area contributed by atoms with Crippen LogP contribution in [0.15, 0.2) is 36.4 Å². The van der Waals surface area contributed by atoms with Crippen molar-refractivity contribution in [1.82, 2.24) is 44.9 Å². The van der Waals surface area contributed by atoms with Gasteiger partial charge in [0.1, 0.15) is 29.1 Å². The summed E-state index contributed by atoms with van der Waals surface area (Å²) in [5.74, 6) is 7.17. The number of nitrogens with zero attached hydrogens (tertiary/aromatic N) is 9. The van der Waals surface area contributed by atoms with E-state index in [-0.39, 0.29) is 0 Å². The van der Waals surface area contributed by atoms with E-state index >= 15 is 0 Å². The molecule has 5 aromatic heterocycles. The van der Waals surface area contributed by atoms with Crippen molar-refractivity contribution in [1.29, 1.82) is 0 Å². The van der Waals surface area contributed by atoms with E-state index in [1.54, 1.807) is 0 Å². The first kappa shape index (κ1) is 58.5. The van der Waals surface area contributed by atoms with Gasteiger partial charge >= 0.3 is 0 Å². The lowest BCUT2D eigenvalue weighted by molar-refractivity contribution is 0.706. The highest BCUT2D eigenvalue weighted by molar-refractivity contribution is 5.25. The average Bonchev–Trinajstić information content (AvgIpc) is 3.33. The van der Waals surface area contributed by atoms with Crippen LogP contribution in [0.4, 0.5) is 0 Å². The lowest BCUT2D eigenvalue weighted by Gasteiger charge is -2.09. The van der Waals surface area contributed by atoms with Crippen LogP contribution in [0.3, 0.4) is 0 Å². The molecule has 9 heteroatoms. The molecule has 0 radical (unpaired) electrons. The monoisotopic (exact) mass is 890 g/mol. The van der Waals surface area contributed by atoms with Gasteiger partial charge in [0.15, 0.2) is 0 Å². The summed E-state index contributed by atoms with van der Waals surface area (Å²) in [7, 11) is 0. The Morgan fingerprint density at radius 3 is 1.02 bits per heavy atom. The number of aromatic nitrogens is 9. The first-order valence-corrected chi connectivity index (χ1v) is 25.3. The Hall–Kier alpha value is -4.53. The summed E-state index contributed by atoms with van der Waals surface area (Å²) in [5, 5.41) is 0. The molecule has 0 amide bonds. The van der Waals surface area contributed by atoms with Crippen molar-refractivity contribution in [3.8, 4) is 0 Å². The summed E-state index contributed by atoms with van der Waals surface area (Å²) in [6.07, 6.45) is 9.89. The van der Waals surface area contributed by atoms with Crippen molar-refractivity contribution in [3.05, 3.63) is 122 Å². The molecule has 9 nitrogen and oxygen atoms in total. The van der Waals surface area contributed by atoms with E-state index in [1.807, 2.05) is 0 Å². The first-order valence-electron chi connectivity index (χ1n) is 25.3. The molecule has 0 N–H and O–H groups in total. The van der Waals surface area contributed by atoms with Crippen LogP contribution >= 0.6 is 0 Å². The van der Waals surface area contributed by atoms with Gasteiger partial charge in [-0.2, -0.15) is 0 Å². The maximum absolute atomic E-state index is 4.60. The fourth-order valence-electron chi connectivity index (χ4n) is 6.20. The second-order valence-electron chi connectivity index (χ2n) is 18.0. The van der Waals surface area contributed by atoms with Gasteiger partial charge < -0.3 is 0 Å². The topological polar surface area (TPSA) is 116 Å². The zero-order chi connectivity index (χ0) is 49.2. The molecule has 5 aromatic rings. The Morgan fingerprint density at radius 1 is 0.277 bits per heavy atom. The average molecular weight is 890 g/mol. The Bertz CT molecular complexity index is 1630. The molecular formula is C56H91N9. The predicted octanol–water partition coefficient (Wildman–Crippen LogP) is 14.2. The van der Waals surface area contributed by atoms with Crippen LogP contribution < -0.4 is 0 Å². The lowest BCUT2D eigenvalue weighted by Crippen LogP contribution is -2.07. The van der Waals surface area contributed by atoms with Crippen molar-refractivity contribution < 1.29 is 0 Å². The molecule has 5 rings (SSSR count). The molecule has 0 aliphatic heterocycles. The van der Waals surface area contributed by atoms with Gasteiger partial charge in [-0.05, 0) is 110 Å². The van der Waals surface area contributed by atoms with Gasteiger partial charge in [0.2, 0.25) is 0 Å². The van der Waals surface area contributed by atoms with Crippen molar-refractivity contribution in [3.63, 3.8) is 0 Å². The molecule has 0 atom stereocenters. The molecule has 0 spiro atoms. The van der Waals surface area contributed by atoms with Crippen molar-refractivity contribution in [2.75, 3.05) is 0 Å². The van der Waals surface area contributed by atoms with E-state index in [4.69, 9.17) is 0 Å². The zero-order valence-electron chi connectivity index (χ0n) is 44.9. The Labute approximate surface area is 397 Å². The summed E-state index contributed by atoms with van der Waals surface area (Å²) in [4.78, 5) is 40.1. The largest absolute Gasteiger partial charge is 0.258 e. The second-order valence-corrected chi connectivity index (χ2v) is 18.0. The van der Waals surface area contributed by atoms with Crippen LogP contribution in [0.2, 0.25) is 0 Å². The van der Waals surface area contributed by atoms with Crippen LogP contribution in [-0.2, 0) is 64.2 Å². The molecule has 0 unspecified atom stereocenters. The SMILES string of the molecule is CCc1cc(C(C)C)cc(CC)n1.CCc1cc(C(C)C)nc(CC)n1.CCc1cc(CC)nc(C(C)C)c1.CCc1cc(CC)nc(C(C)C)n1.CCc1nc(CC)nc(C(C)C)n1. The van der Waals surface area contributed by atoms with Crippen LogP contribution in [0, 0.1) is 0 Å². The number of hydrogen-bond acceptors (Lipinski definition) is 9. The van der Waals surface area contributed by atoms with E-state index in [0.717, 1.165) is 110 Å². The molecule has 360 valence electrons. The van der Waals surface area contributed by atoms with E-state index < -0.39 is 0 Å². The molecule has 0 aromatic carbocycles. The molecule has 0 aliphatic carbocycles. The predicted molar refractivity (Wildman–Crippen MR) is 277 cm³/mol. The van der Waals surface area contributed by atoms with Crippen LogP contribution in [-0.4, -0.2) is 44.9 Å². The summed E-state index contributed by atoms with van der Waals surface area (Å²) >= 11 is 0. The molecule has 0 fully saturated rings. The molecule has 5 heterocycles. The highest BCUT2D eigenvalue weighted by atomic mass is 15.0. The number of pyridine rings is 2. The molecule has 0 saturated heterocycles. The van der Waals surface area contributed by atoms with Crippen molar-refractivity contribution in [2.45, 2.75) is 232 Å². The van der Waals surface area contributed by atoms with Gasteiger partial charge in [0, 0.05) is 76.6 Å². The number of hydrogen-bond donors (Lipinski definition) is 0. The minimum absolute atomic E-state index is 0.388. The lowest BCUT2D eigenvalue weighted by atomic mass is 10.0.